The summed E-state index contributed by atoms with van der Waals surface area (Å²) < 4.78 is 0. The van der Waals surface area contributed by atoms with Crippen molar-refractivity contribution in [2.24, 2.45) is 0 Å². The van der Waals surface area contributed by atoms with Crippen LogP contribution in [0.2, 0.25) is 0 Å². The first-order chi connectivity index (χ1) is 30.7. The maximum atomic E-state index is 2.65. The molecule has 2 unspecified atom stereocenters. The Kier molecular flexibility index (Phi) is 8.81. The van der Waals surface area contributed by atoms with Gasteiger partial charge in [-0.05, 0) is 97.4 Å². The summed E-state index contributed by atoms with van der Waals surface area (Å²) in [7, 11) is 0. The van der Waals surface area contributed by atoms with Gasteiger partial charge >= 0.3 is 0 Å². The average molecular weight is 793 g/mol. The highest BCUT2D eigenvalue weighted by Gasteiger charge is 2.31. The third-order valence-corrected chi connectivity index (χ3v) is 13.2. The lowest BCUT2D eigenvalue weighted by Gasteiger charge is -2.39. The third kappa shape index (κ3) is 6.26. The molecule has 0 bridgehead atoms. The molecule has 0 aromatic heterocycles. The monoisotopic (exact) mass is 792 g/mol. The van der Waals surface area contributed by atoms with Crippen LogP contribution in [0, 0.1) is 0 Å². The minimum atomic E-state index is 0.0678. The highest BCUT2D eigenvalue weighted by atomic mass is 15.2. The molecule has 0 fully saturated rings. The standard InChI is InChI=1S/C60H44N2/c1-2-14-41(15-3-1)50-30-35-57-58(40-50)60(62(53-33-28-44-18-6-10-22-48(44)38-53)54-34-29-45-19-7-11-23-49(45)39-54)56-25-13-12-24-55(56)59(57)61(51-31-26-42-16-4-8-20-46(42)36-51)52-32-27-43-17-5-9-21-47(43)37-52/h1-33,35-36,38-40,52,54H,34,37H2. The lowest BCUT2D eigenvalue weighted by Crippen LogP contribution is -2.38. The van der Waals surface area contributed by atoms with E-state index in [1.165, 1.54) is 98.5 Å². The Morgan fingerprint density at radius 2 is 0.952 bits per heavy atom. The first-order valence-corrected chi connectivity index (χ1v) is 21.9. The zero-order valence-electron chi connectivity index (χ0n) is 34.4. The van der Waals surface area contributed by atoms with Crippen molar-refractivity contribution in [1.82, 2.24) is 0 Å². The molecule has 2 aliphatic rings. The summed E-state index contributed by atoms with van der Waals surface area (Å²) in [6.45, 7) is 0. The summed E-state index contributed by atoms with van der Waals surface area (Å²) in [5.74, 6) is 0. The summed E-state index contributed by atoms with van der Waals surface area (Å²) in [5, 5.41) is 12.4. The molecule has 0 amide bonds. The van der Waals surface area contributed by atoms with E-state index in [4.69, 9.17) is 0 Å². The summed E-state index contributed by atoms with van der Waals surface area (Å²) in [6.07, 6.45) is 11.5. The van der Waals surface area contributed by atoms with E-state index in [2.05, 4.69) is 240 Å². The van der Waals surface area contributed by atoms with Crippen LogP contribution in [0.3, 0.4) is 0 Å². The van der Waals surface area contributed by atoms with E-state index in [-0.39, 0.29) is 12.1 Å². The molecule has 0 radical (unpaired) electrons. The highest BCUT2D eigenvalue weighted by Crippen LogP contribution is 2.50. The number of hydrogen-bond acceptors (Lipinski definition) is 2. The quantitative estimate of drug-likeness (QED) is 0.117. The fraction of sp³-hybridized carbons (Fsp3) is 0.0667. The number of nitrogens with zero attached hydrogens (tertiary/aromatic N) is 2. The molecule has 10 aromatic carbocycles. The Bertz CT molecular complexity index is 3510. The molecule has 62 heavy (non-hydrogen) atoms. The van der Waals surface area contributed by atoms with Gasteiger partial charge in [-0.25, -0.2) is 0 Å². The second-order valence-electron chi connectivity index (χ2n) is 16.8. The number of benzene rings is 10. The topological polar surface area (TPSA) is 6.48 Å². The fourth-order valence-corrected chi connectivity index (χ4v) is 10.2. The zero-order valence-corrected chi connectivity index (χ0v) is 34.4. The Balaban J connectivity index is 1.19. The number of fused-ring (bicyclic) bond motifs is 6. The number of anilines is 4. The minimum absolute atomic E-state index is 0.0678. The maximum Gasteiger partial charge on any atom is 0.0577 e. The van der Waals surface area contributed by atoms with Crippen LogP contribution >= 0.6 is 0 Å². The van der Waals surface area contributed by atoms with E-state index in [9.17, 15) is 0 Å². The van der Waals surface area contributed by atoms with Crippen LogP contribution < -0.4 is 20.2 Å². The van der Waals surface area contributed by atoms with E-state index < -0.39 is 0 Å². The SMILES string of the molecule is C1=CC(N(c2ccc3ccccc3c2)c2c3ccccc3c(N(c3ccc4ccccc4c3)C3C=c4ccccc4=CC3)c3cc(-c4ccccc4)ccc23)Cc2ccccc21. The molecule has 0 spiro atoms. The molecular weight excluding hydrogens is 749 g/mol. The van der Waals surface area contributed by atoms with Crippen molar-refractivity contribution in [1.29, 1.82) is 0 Å². The van der Waals surface area contributed by atoms with Crippen molar-refractivity contribution in [2.45, 2.75) is 24.9 Å². The maximum absolute atomic E-state index is 2.65. The van der Waals surface area contributed by atoms with Crippen molar-refractivity contribution in [3.63, 3.8) is 0 Å². The Morgan fingerprint density at radius 3 is 1.68 bits per heavy atom. The van der Waals surface area contributed by atoms with E-state index in [0.717, 1.165) is 12.8 Å². The van der Waals surface area contributed by atoms with E-state index >= 15 is 0 Å². The number of rotatable bonds is 7. The predicted octanol–water partition coefficient (Wildman–Crippen LogP) is 13.9. The van der Waals surface area contributed by atoms with Gasteiger partial charge in [-0.1, -0.05) is 200 Å². The molecule has 2 atom stereocenters. The van der Waals surface area contributed by atoms with E-state index in [0.29, 0.717) is 0 Å². The van der Waals surface area contributed by atoms with Gasteiger partial charge in [-0.2, -0.15) is 0 Å². The molecular formula is C60H44N2. The van der Waals surface area contributed by atoms with Crippen LogP contribution in [0.1, 0.15) is 17.5 Å². The van der Waals surface area contributed by atoms with Gasteiger partial charge in [-0.15, -0.1) is 0 Å². The molecule has 10 aromatic rings. The fourth-order valence-electron chi connectivity index (χ4n) is 10.2. The lowest BCUT2D eigenvalue weighted by molar-refractivity contribution is 0.771. The molecule has 12 rings (SSSR count). The summed E-state index contributed by atoms with van der Waals surface area (Å²) in [4.78, 5) is 5.30. The smallest absolute Gasteiger partial charge is 0.0577 e. The molecule has 294 valence electrons. The Morgan fingerprint density at radius 1 is 0.387 bits per heavy atom. The van der Waals surface area contributed by atoms with Gasteiger partial charge in [0.25, 0.3) is 0 Å². The van der Waals surface area contributed by atoms with Crippen molar-refractivity contribution in [3.05, 3.63) is 234 Å². The molecule has 2 heteroatoms. The first kappa shape index (κ1) is 36.2. The molecule has 0 N–H and O–H groups in total. The van der Waals surface area contributed by atoms with Gasteiger partial charge in [0.2, 0.25) is 0 Å². The van der Waals surface area contributed by atoms with Gasteiger partial charge in [0.1, 0.15) is 0 Å². The normalized spacial score (nSPS) is 15.5. The molecule has 0 aliphatic heterocycles. The van der Waals surface area contributed by atoms with Gasteiger partial charge in [-0.3, -0.25) is 0 Å². The Hall–Kier alpha value is -7.68. The summed E-state index contributed by atoms with van der Waals surface area (Å²) >= 11 is 0. The van der Waals surface area contributed by atoms with E-state index in [1.807, 2.05) is 0 Å². The molecule has 0 saturated heterocycles. The first-order valence-electron chi connectivity index (χ1n) is 21.9. The van der Waals surface area contributed by atoms with Crippen molar-refractivity contribution < 1.29 is 0 Å². The lowest BCUT2D eigenvalue weighted by atomic mass is 9.89. The van der Waals surface area contributed by atoms with Gasteiger partial charge < -0.3 is 9.80 Å². The largest absolute Gasteiger partial charge is 0.333 e. The summed E-state index contributed by atoms with van der Waals surface area (Å²) in [5.41, 5.74) is 9.89. The molecule has 2 nitrogen and oxygen atoms in total. The van der Waals surface area contributed by atoms with E-state index in [1.54, 1.807) is 0 Å². The predicted molar refractivity (Wildman–Crippen MR) is 265 cm³/mol. The second-order valence-corrected chi connectivity index (χ2v) is 16.8. The van der Waals surface area contributed by atoms with Crippen molar-refractivity contribution in [2.75, 3.05) is 9.80 Å². The molecule has 2 aliphatic carbocycles. The van der Waals surface area contributed by atoms with Crippen LogP contribution in [-0.2, 0) is 6.42 Å². The van der Waals surface area contributed by atoms with Crippen LogP contribution in [0.25, 0.3) is 72.4 Å². The summed E-state index contributed by atoms with van der Waals surface area (Å²) in [6, 6.07) is 76.6. The average Bonchev–Trinajstić information content (AvgIpc) is 3.34. The van der Waals surface area contributed by atoms with Gasteiger partial charge in [0.05, 0.1) is 23.5 Å². The van der Waals surface area contributed by atoms with Gasteiger partial charge in [0.15, 0.2) is 0 Å². The van der Waals surface area contributed by atoms with Crippen LogP contribution in [0.5, 0.6) is 0 Å². The highest BCUT2D eigenvalue weighted by molar-refractivity contribution is 6.22. The van der Waals surface area contributed by atoms with Crippen LogP contribution in [0.4, 0.5) is 22.7 Å². The minimum Gasteiger partial charge on any atom is -0.333 e. The molecule has 0 heterocycles. The van der Waals surface area contributed by atoms with Crippen LogP contribution in [-0.4, -0.2) is 12.1 Å². The third-order valence-electron chi connectivity index (χ3n) is 13.2. The molecule has 0 saturated carbocycles. The second kappa shape index (κ2) is 15.1. The van der Waals surface area contributed by atoms with Crippen molar-refractivity contribution >= 4 is 84.1 Å². The van der Waals surface area contributed by atoms with Gasteiger partial charge in [0, 0.05) is 32.9 Å². The van der Waals surface area contributed by atoms with Crippen molar-refractivity contribution in [3.8, 4) is 11.1 Å². The number of hydrogen-bond donors (Lipinski definition) is 0. The zero-order chi connectivity index (χ0) is 41.0. The van der Waals surface area contributed by atoms with Crippen LogP contribution in [0.15, 0.2) is 212 Å². The Labute approximate surface area is 362 Å².